The molecule has 0 radical (unpaired) electrons. The van der Waals surface area contributed by atoms with Gasteiger partial charge in [0.05, 0.1) is 17.6 Å². The zero-order valence-electron chi connectivity index (χ0n) is 18.5. The molecule has 2 unspecified atom stereocenters. The predicted molar refractivity (Wildman–Crippen MR) is 111 cm³/mol. The number of benzene rings is 1. The van der Waals surface area contributed by atoms with Crippen LogP contribution in [0.1, 0.15) is 47.3 Å². The Hall–Kier alpha value is -3.05. The molecule has 3 rings (SSSR count). The van der Waals surface area contributed by atoms with Crippen LogP contribution in [0.5, 0.6) is 0 Å². The summed E-state index contributed by atoms with van der Waals surface area (Å²) in [6.07, 6.45) is -6.24. The number of carbonyl (C=O) groups excluding carboxylic acids is 2. The molecule has 0 bridgehead atoms. The molecule has 1 saturated carbocycles. The van der Waals surface area contributed by atoms with Gasteiger partial charge in [-0.25, -0.2) is 4.98 Å². The number of nitrogens with zero attached hydrogens (tertiary/aromatic N) is 3. The molecule has 2 atom stereocenters. The Morgan fingerprint density at radius 1 is 1.18 bits per heavy atom. The Kier molecular flexibility index (Phi) is 7.27. The van der Waals surface area contributed by atoms with E-state index in [9.17, 15) is 35.9 Å². The summed E-state index contributed by atoms with van der Waals surface area (Å²) in [7, 11) is 1.47. The van der Waals surface area contributed by atoms with E-state index in [4.69, 9.17) is 0 Å². The van der Waals surface area contributed by atoms with Crippen LogP contribution in [0.15, 0.2) is 30.6 Å². The van der Waals surface area contributed by atoms with E-state index < -0.39 is 48.2 Å². The molecule has 1 heterocycles. The predicted octanol–water partition coefficient (Wildman–Crippen LogP) is 5.04. The number of alkyl halides is 6. The lowest BCUT2D eigenvalue weighted by Crippen LogP contribution is -2.42. The number of aromatic nitrogens is 2. The molecular formula is C22H24F6N4O2. The third kappa shape index (κ3) is 6.09. The molecule has 0 aliphatic heterocycles. The van der Waals surface area contributed by atoms with Crippen LogP contribution in [-0.2, 0) is 17.5 Å². The highest BCUT2D eigenvalue weighted by Gasteiger charge is 2.35. The van der Waals surface area contributed by atoms with Gasteiger partial charge in [-0.05, 0) is 44.4 Å². The summed E-state index contributed by atoms with van der Waals surface area (Å²) in [6.45, 7) is 0.179. The van der Waals surface area contributed by atoms with Gasteiger partial charge in [-0.1, -0.05) is 12.5 Å². The molecule has 2 aromatic rings. The Balaban J connectivity index is 1.69. The molecule has 2 amide bonds. The van der Waals surface area contributed by atoms with Gasteiger partial charge in [0.1, 0.15) is 12.4 Å². The summed E-state index contributed by atoms with van der Waals surface area (Å²) in [4.78, 5) is 30.8. The van der Waals surface area contributed by atoms with Crippen molar-refractivity contribution in [2.24, 2.45) is 5.92 Å². The fourth-order valence-corrected chi connectivity index (χ4v) is 4.13. The fourth-order valence-electron chi connectivity index (χ4n) is 4.13. The number of aryl methyl sites for hydroxylation is 1. The van der Waals surface area contributed by atoms with Gasteiger partial charge in [0.2, 0.25) is 5.91 Å². The normalized spacial score (nSPS) is 19.1. The summed E-state index contributed by atoms with van der Waals surface area (Å²) in [6, 6.07) is 3.71. The summed E-state index contributed by atoms with van der Waals surface area (Å²) in [5, 5.41) is 2.53. The Morgan fingerprint density at radius 2 is 1.88 bits per heavy atom. The lowest BCUT2D eigenvalue weighted by molar-refractivity contribution is -0.140. The summed E-state index contributed by atoms with van der Waals surface area (Å²) in [5.41, 5.74) is -0.809. The van der Waals surface area contributed by atoms with Crippen LogP contribution in [0.4, 0.5) is 32.2 Å². The second-order valence-corrected chi connectivity index (χ2v) is 8.42. The molecule has 34 heavy (non-hydrogen) atoms. The molecule has 1 aliphatic rings. The largest absolute Gasteiger partial charge is 0.416 e. The second-order valence-electron chi connectivity index (χ2n) is 8.42. The first-order chi connectivity index (χ1) is 15.8. The van der Waals surface area contributed by atoms with Gasteiger partial charge < -0.3 is 14.8 Å². The van der Waals surface area contributed by atoms with Crippen molar-refractivity contribution < 1.29 is 35.9 Å². The topological polar surface area (TPSA) is 67.2 Å². The van der Waals surface area contributed by atoms with Crippen molar-refractivity contribution in [2.45, 2.75) is 57.5 Å². The zero-order valence-corrected chi connectivity index (χ0v) is 18.5. The smallest absolute Gasteiger partial charge is 0.339 e. The minimum absolute atomic E-state index is 0.0437. The van der Waals surface area contributed by atoms with E-state index in [1.807, 2.05) is 0 Å². The number of imidazole rings is 1. The van der Waals surface area contributed by atoms with E-state index in [1.165, 1.54) is 24.9 Å². The number of halogens is 6. The molecule has 186 valence electrons. The van der Waals surface area contributed by atoms with E-state index in [0.29, 0.717) is 19.3 Å². The lowest BCUT2D eigenvalue weighted by atomic mass is 9.84. The standard InChI is InChI=1S/C22H24F6N4O2/c1-13-18(32(12-29-13)11-21(23,24)25)30-19(33)14-5-4-8-17(10-14)31(2)20(34)15-6-3-7-16(9-15)22(26,27)28/h3,6-7,9,12,14,17H,4-5,8,10-11H2,1-2H3,(H,30,33). The Morgan fingerprint density at radius 3 is 2.53 bits per heavy atom. The van der Waals surface area contributed by atoms with E-state index >= 15 is 0 Å². The maximum absolute atomic E-state index is 13.0. The summed E-state index contributed by atoms with van der Waals surface area (Å²) in [5.74, 6) is -1.71. The molecule has 1 aliphatic carbocycles. The monoisotopic (exact) mass is 490 g/mol. The van der Waals surface area contributed by atoms with Crippen molar-refractivity contribution in [3.8, 4) is 0 Å². The van der Waals surface area contributed by atoms with E-state index in [2.05, 4.69) is 10.3 Å². The van der Waals surface area contributed by atoms with E-state index in [0.717, 1.165) is 29.1 Å². The van der Waals surface area contributed by atoms with Crippen LogP contribution >= 0.6 is 0 Å². The molecule has 0 spiro atoms. The van der Waals surface area contributed by atoms with Gasteiger partial charge in [-0.3, -0.25) is 9.59 Å². The number of anilines is 1. The molecular weight excluding hydrogens is 466 g/mol. The highest BCUT2D eigenvalue weighted by atomic mass is 19.4. The summed E-state index contributed by atoms with van der Waals surface area (Å²) < 4.78 is 78.2. The summed E-state index contributed by atoms with van der Waals surface area (Å²) >= 11 is 0. The number of carbonyl (C=O) groups is 2. The van der Waals surface area contributed by atoms with E-state index in [1.54, 1.807) is 0 Å². The van der Waals surface area contributed by atoms with Crippen molar-refractivity contribution in [3.63, 3.8) is 0 Å². The van der Waals surface area contributed by atoms with Crippen LogP contribution in [0.25, 0.3) is 0 Å². The minimum Gasteiger partial charge on any atom is -0.339 e. The van der Waals surface area contributed by atoms with Crippen molar-refractivity contribution in [2.75, 3.05) is 12.4 Å². The number of amides is 2. The number of hydrogen-bond acceptors (Lipinski definition) is 3. The molecule has 1 aromatic heterocycles. The van der Waals surface area contributed by atoms with Crippen molar-refractivity contribution in [1.82, 2.24) is 14.5 Å². The average molecular weight is 490 g/mol. The average Bonchev–Trinajstić information content (AvgIpc) is 3.09. The second kappa shape index (κ2) is 9.67. The molecule has 12 heteroatoms. The van der Waals surface area contributed by atoms with Crippen LogP contribution in [0.2, 0.25) is 0 Å². The molecule has 1 N–H and O–H groups in total. The Labute approximate surface area is 191 Å². The highest BCUT2D eigenvalue weighted by molar-refractivity contribution is 5.95. The molecule has 6 nitrogen and oxygen atoms in total. The number of rotatable bonds is 5. The third-order valence-corrected chi connectivity index (χ3v) is 5.93. The molecule has 1 aromatic carbocycles. The first-order valence-corrected chi connectivity index (χ1v) is 10.6. The number of nitrogens with one attached hydrogen (secondary N) is 1. The van der Waals surface area contributed by atoms with Gasteiger partial charge in [0.25, 0.3) is 5.91 Å². The van der Waals surface area contributed by atoms with Crippen molar-refractivity contribution in [3.05, 3.63) is 47.4 Å². The van der Waals surface area contributed by atoms with Gasteiger partial charge in [0.15, 0.2) is 0 Å². The van der Waals surface area contributed by atoms with Crippen LogP contribution in [0.3, 0.4) is 0 Å². The highest BCUT2D eigenvalue weighted by Crippen LogP contribution is 2.32. The maximum Gasteiger partial charge on any atom is 0.416 e. The lowest BCUT2D eigenvalue weighted by Gasteiger charge is -2.35. The van der Waals surface area contributed by atoms with Gasteiger partial charge in [-0.2, -0.15) is 26.3 Å². The third-order valence-electron chi connectivity index (χ3n) is 5.93. The quantitative estimate of drug-likeness (QED) is 0.597. The van der Waals surface area contributed by atoms with Crippen LogP contribution < -0.4 is 5.32 Å². The maximum atomic E-state index is 13.0. The first kappa shape index (κ1) is 25.6. The van der Waals surface area contributed by atoms with Gasteiger partial charge in [-0.15, -0.1) is 0 Å². The van der Waals surface area contributed by atoms with E-state index in [-0.39, 0.29) is 23.5 Å². The molecule has 1 fully saturated rings. The first-order valence-electron chi connectivity index (χ1n) is 10.6. The van der Waals surface area contributed by atoms with Crippen molar-refractivity contribution >= 4 is 17.6 Å². The van der Waals surface area contributed by atoms with Crippen LogP contribution in [0, 0.1) is 12.8 Å². The van der Waals surface area contributed by atoms with Gasteiger partial charge in [0, 0.05) is 24.6 Å². The van der Waals surface area contributed by atoms with Crippen LogP contribution in [-0.4, -0.2) is 45.5 Å². The fraction of sp³-hybridized carbons (Fsp3) is 0.500. The Bertz CT molecular complexity index is 1050. The SMILES string of the molecule is Cc1ncn(CC(F)(F)F)c1NC(=O)C1CCCC(N(C)C(=O)c2cccc(C(F)(F)F)c2)C1. The zero-order chi connectivity index (χ0) is 25.3. The van der Waals surface area contributed by atoms with Crippen molar-refractivity contribution in [1.29, 1.82) is 0 Å². The number of hydrogen-bond donors (Lipinski definition) is 1. The van der Waals surface area contributed by atoms with Gasteiger partial charge >= 0.3 is 12.4 Å². The molecule has 0 saturated heterocycles. The minimum atomic E-state index is -4.58.